The minimum Gasteiger partial charge on any atom is -0.228 e. The van der Waals surface area contributed by atoms with E-state index in [4.69, 9.17) is 0 Å². The fourth-order valence-electron chi connectivity index (χ4n) is 0.619. The largest absolute Gasteiger partial charge is 0.228 e. The molecule has 0 unspecified atom stereocenters. The molecule has 0 saturated carbocycles. The molecular weight excluding hydrogens is 282 g/mol. The van der Waals surface area contributed by atoms with Crippen molar-refractivity contribution in [2.45, 2.75) is 0 Å². The number of nitrogens with zero attached hydrogens (tertiary/aromatic N) is 1. The summed E-state index contributed by atoms with van der Waals surface area (Å²) in [6.45, 7) is 0.262. The van der Waals surface area contributed by atoms with Gasteiger partial charge in [-0.25, -0.2) is 21.1 Å². The third kappa shape index (κ3) is 5.61. The van der Waals surface area contributed by atoms with Gasteiger partial charge in [-0.1, -0.05) is 15.9 Å². The lowest BCUT2D eigenvalue weighted by Gasteiger charge is -2.14. The Morgan fingerprint density at radius 3 is 2.00 bits per heavy atom. The highest BCUT2D eigenvalue weighted by Gasteiger charge is 2.22. The molecule has 0 N–H and O–H groups in total. The number of sulfonamides is 1. The monoisotopic (exact) mass is 293 g/mol. The van der Waals surface area contributed by atoms with Crippen LogP contribution in [0.25, 0.3) is 0 Å². The van der Waals surface area contributed by atoms with E-state index < -0.39 is 24.9 Å². The first-order chi connectivity index (χ1) is 5.69. The van der Waals surface area contributed by atoms with Gasteiger partial charge in [0, 0.05) is 25.2 Å². The fraction of sp³-hybridized carbons (Fsp3) is 1.00. The maximum atomic E-state index is 11.3. The van der Waals surface area contributed by atoms with E-state index in [2.05, 4.69) is 15.9 Å². The molecule has 0 spiro atoms. The van der Waals surface area contributed by atoms with Gasteiger partial charge in [0.1, 0.15) is 0 Å². The molecule has 0 heterocycles. The first kappa shape index (κ1) is 13.3. The van der Waals surface area contributed by atoms with Crippen molar-refractivity contribution in [3.8, 4) is 0 Å². The minimum atomic E-state index is -3.66. The summed E-state index contributed by atoms with van der Waals surface area (Å²) >= 11 is 3.07. The Balaban J connectivity index is 4.60. The highest BCUT2D eigenvalue weighted by molar-refractivity contribution is 9.09. The van der Waals surface area contributed by atoms with E-state index in [9.17, 15) is 16.8 Å². The number of alkyl halides is 1. The minimum absolute atomic E-state index is 0.262. The third-order valence-electron chi connectivity index (χ3n) is 1.24. The zero-order valence-corrected chi connectivity index (χ0v) is 10.6. The smallest absolute Gasteiger partial charge is 0.228 e. The Hall–Kier alpha value is 0.340. The van der Waals surface area contributed by atoms with Crippen molar-refractivity contribution in [1.82, 2.24) is 4.31 Å². The predicted molar refractivity (Wildman–Crippen MR) is 55.1 cm³/mol. The molecule has 8 heteroatoms. The van der Waals surface area contributed by atoms with Crippen LogP contribution in [-0.2, 0) is 19.9 Å². The van der Waals surface area contributed by atoms with Crippen LogP contribution in [-0.4, -0.2) is 51.4 Å². The summed E-state index contributed by atoms with van der Waals surface area (Å²) in [4.78, 5) is 0. The molecule has 0 fully saturated rings. The van der Waals surface area contributed by atoms with Crippen molar-refractivity contribution in [2.75, 3.05) is 30.3 Å². The van der Waals surface area contributed by atoms with Gasteiger partial charge >= 0.3 is 0 Å². The number of hydrogen-bond acceptors (Lipinski definition) is 4. The van der Waals surface area contributed by atoms with Gasteiger partial charge in [0.2, 0.25) is 10.0 Å². The van der Waals surface area contributed by atoms with E-state index in [0.717, 1.165) is 10.6 Å². The molecule has 0 aromatic rings. The van der Waals surface area contributed by atoms with Crippen molar-refractivity contribution in [1.29, 1.82) is 0 Å². The number of halogens is 1. The maximum Gasteiger partial charge on any atom is 0.228 e. The first-order valence-corrected chi connectivity index (χ1v) is 8.16. The number of sulfone groups is 1. The summed E-state index contributed by atoms with van der Waals surface area (Å²) in [6.07, 6.45) is 0.895. The van der Waals surface area contributed by atoms with Crippen molar-refractivity contribution < 1.29 is 16.8 Å². The summed E-state index contributed by atoms with van der Waals surface area (Å²) < 4.78 is 45.0. The standard InChI is InChI=1S/C5H12BrNO4S2/c1-7(4-3-6)13(10,11)5-12(2,8)9/h3-5H2,1-2H3. The molecule has 0 saturated heterocycles. The van der Waals surface area contributed by atoms with Crippen molar-refractivity contribution in [3.05, 3.63) is 0 Å². The Morgan fingerprint density at radius 2 is 1.69 bits per heavy atom. The zero-order chi connectivity index (χ0) is 10.7. The SMILES string of the molecule is CN(CCBr)S(=O)(=O)CS(C)(=O)=O. The summed E-state index contributed by atoms with van der Waals surface area (Å²) in [5.74, 6) is 0. The molecular formula is C5H12BrNO4S2. The fourth-order valence-corrected chi connectivity index (χ4v) is 4.64. The summed E-state index contributed by atoms with van der Waals surface area (Å²) in [5.41, 5.74) is 0. The van der Waals surface area contributed by atoms with Crippen LogP contribution >= 0.6 is 15.9 Å². The zero-order valence-electron chi connectivity index (χ0n) is 7.40. The Bertz CT molecular complexity index is 347. The van der Waals surface area contributed by atoms with Crippen molar-refractivity contribution >= 4 is 35.8 Å². The van der Waals surface area contributed by atoms with Gasteiger partial charge in [-0.05, 0) is 0 Å². The molecule has 0 amide bonds. The predicted octanol–water partition coefficient (Wildman–Crippen LogP) is -0.355. The van der Waals surface area contributed by atoms with Gasteiger partial charge in [0.15, 0.2) is 14.9 Å². The van der Waals surface area contributed by atoms with E-state index in [1.54, 1.807) is 0 Å². The molecule has 0 aliphatic carbocycles. The molecule has 0 bridgehead atoms. The lowest BCUT2D eigenvalue weighted by Crippen LogP contribution is -2.33. The quantitative estimate of drug-likeness (QED) is 0.650. The second kappa shape index (κ2) is 4.72. The normalized spacial score (nSPS) is 13.5. The second-order valence-corrected chi connectivity index (χ2v) is 8.04. The molecule has 0 aromatic heterocycles. The Morgan fingerprint density at radius 1 is 1.23 bits per heavy atom. The van der Waals surface area contributed by atoms with E-state index in [0.29, 0.717) is 5.33 Å². The molecule has 0 radical (unpaired) electrons. The van der Waals surface area contributed by atoms with Crippen LogP contribution < -0.4 is 0 Å². The highest BCUT2D eigenvalue weighted by atomic mass is 79.9. The third-order valence-corrected chi connectivity index (χ3v) is 5.63. The molecule has 0 aliphatic heterocycles. The van der Waals surface area contributed by atoms with Gasteiger partial charge in [0.05, 0.1) is 0 Å². The molecule has 80 valence electrons. The number of rotatable bonds is 5. The molecule has 13 heavy (non-hydrogen) atoms. The van der Waals surface area contributed by atoms with E-state index >= 15 is 0 Å². The molecule has 0 aliphatic rings. The lowest BCUT2D eigenvalue weighted by molar-refractivity contribution is 0.492. The van der Waals surface area contributed by atoms with Gasteiger partial charge in [-0.3, -0.25) is 0 Å². The topological polar surface area (TPSA) is 71.5 Å². The van der Waals surface area contributed by atoms with E-state index in [-0.39, 0.29) is 6.54 Å². The van der Waals surface area contributed by atoms with Crippen LogP contribution in [0.2, 0.25) is 0 Å². The summed E-state index contributed by atoms with van der Waals surface area (Å²) in [6, 6.07) is 0. The summed E-state index contributed by atoms with van der Waals surface area (Å²) in [7, 11) is -5.81. The molecule has 5 nitrogen and oxygen atoms in total. The van der Waals surface area contributed by atoms with Crippen LogP contribution in [0.5, 0.6) is 0 Å². The van der Waals surface area contributed by atoms with Gasteiger partial charge in [0.25, 0.3) is 0 Å². The highest BCUT2D eigenvalue weighted by Crippen LogP contribution is 2.02. The van der Waals surface area contributed by atoms with E-state index in [1.165, 1.54) is 7.05 Å². The molecule has 0 atom stereocenters. The van der Waals surface area contributed by atoms with Crippen LogP contribution in [0.15, 0.2) is 0 Å². The van der Waals surface area contributed by atoms with Crippen molar-refractivity contribution in [2.24, 2.45) is 0 Å². The van der Waals surface area contributed by atoms with Crippen molar-refractivity contribution in [3.63, 3.8) is 0 Å². The van der Waals surface area contributed by atoms with Crippen LogP contribution in [0.1, 0.15) is 0 Å². The average Bonchev–Trinajstić information content (AvgIpc) is 1.82. The second-order valence-electron chi connectivity index (χ2n) is 2.67. The lowest BCUT2D eigenvalue weighted by atomic mass is 10.8. The summed E-state index contributed by atoms with van der Waals surface area (Å²) in [5, 5.41) is -0.351. The van der Waals surface area contributed by atoms with Crippen LogP contribution in [0, 0.1) is 0 Å². The van der Waals surface area contributed by atoms with Gasteiger partial charge < -0.3 is 0 Å². The van der Waals surface area contributed by atoms with Crippen LogP contribution in [0.3, 0.4) is 0 Å². The van der Waals surface area contributed by atoms with E-state index in [1.807, 2.05) is 0 Å². The Labute approximate surface area is 87.2 Å². The van der Waals surface area contributed by atoms with Gasteiger partial charge in [-0.15, -0.1) is 0 Å². The Kier molecular flexibility index (Phi) is 4.84. The molecule has 0 aromatic carbocycles. The van der Waals surface area contributed by atoms with Gasteiger partial charge in [-0.2, -0.15) is 0 Å². The number of hydrogen-bond donors (Lipinski definition) is 0. The maximum absolute atomic E-state index is 11.3. The molecule has 0 rings (SSSR count). The van der Waals surface area contributed by atoms with Crippen LogP contribution in [0.4, 0.5) is 0 Å². The average molecular weight is 294 g/mol. The first-order valence-electron chi connectivity index (χ1n) is 3.37.